The lowest BCUT2D eigenvalue weighted by atomic mass is 10.2. The normalized spacial score (nSPS) is 11.1. The first-order valence-corrected chi connectivity index (χ1v) is 6.82. The lowest BCUT2D eigenvalue weighted by molar-refractivity contribution is 0.0781. The summed E-state index contributed by atoms with van der Waals surface area (Å²) < 4.78 is 0. The molecule has 0 N–H and O–H groups in total. The van der Waals surface area contributed by atoms with Crippen molar-refractivity contribution in [3.63, 3.8) is 0 Å². The van der Waals surface area contributed by atoms with Gasteiger partial charge in [0.2, 0.25) is 0 Å². The van der Waals surface area contributed by atoms with Gasteiger partial charge in [0.15, 0.2) is 0 Å². The highest BCUT2D eigenvalue weighted by molar-refractivity contribution is 6.35. The van der Waals surface area contributed by atoms with Crippen molar-refractivity contribution in [3.8, 4) is 0 Å². The Hall–Kier alpha value is -1.65. The Morgan fingerprint density at radius 1 is 1.20 bits per heavy atom. The molecule has 1 amide bonds. The van der Waals surface area contributed by atoms with E-state index >= 15 is 0 Å². The van der Waals surface area contributed by atoms with Crippen molar-refractivity contribution in [2.45, 2.75) is 0 Å². The molecule has 0 aliphatic carbocycles. The Bertz CT molecular complexity index is 628. The number of fused-ring (bicyclic) bond motifs is 1. The smallest absolute Gasteiger partial charge is 0.272 e. The van der Waals surface area contributed by atoms with E-state index in [1.165, 1.54) is 0 Å². The highest BCUT2D eigenvalue weighted by atomic mass is 35.5. The largest absolute Gasteiger partial charge is 0.339 e. The SMILES string of the molecule is CN(C)CCN(C)C(=O)c1cc(Cl)c2ccccc2n1. The second kappa shape index (κ2) is 6.20. The zero-order chi connectivity index (χ0) is 14.7. The van der Waals surface area contributed by atoms with Gasteiger partial charge in [-0.2, -0.15) is 0 Å². The fraction of sp³-hybridized carbons (Fsp3) is 0.333. The first kappa shape index (κ1) is 14.8. The summed E-state index contributed by atoms with van der Waals surface area (Å²) in [6, 6.07) is 9.18. The van der Waals surface area contributed by atoms with Crippen LogP contribution in [0.1, 0.15) is 10.5 Å². The molecule has 0 saturated heterocycles. The van der Waals surface area contributed by atoms with Crippen LogP contribution < -0.4 is 0 Å². The van der Waals surface area contributed by atoms with Gasteiger partial charge in [-0.1, -0.05) is 29.8 Å². The highest BCUT2D eigenvalue weighted by Crippen LogP contribution is 2.23. The topological polar surface area (TPSA) is 36.4 Å². The van der Waals surface area contributed by atoms with Crippen LogP contribution in [0, 0.1) is 0 Å². The zero-order valence-electron chi connectivity index (χ0n) is 11.9. The maximum atomic E-state index is 12.3. The van der Waals surface area contributed by atoms with E-state index in [1.54, 1.807) is 18.0 Å². The Kier molecular flexibility index (Phi) is 4.57. The van der Waals surface area contributed by atoms with E-state index < -0.39 is 0 Å². The minimum absolute atomic E-state index is 0.112. The number of carbonyl (C=O) groups is 1. The van der Waals surface area contributed by atoms with Crippen molar-refractivity contribution in [1.29, 1.82) is 0 Å². The summed E-state index contributed by atoms with van der Waals surface area (Å²) in [5, 5.41) is 1.42. The van der Waals surface area contributed by atoms with Gasteiger partial charge < -0.3 is 9.80 Å². The van der Waals surface area contributed by atoms with Gasteiger partial charge in [-0.05, 0) is 26.2 Å². The number of rotatable bonds is 4. The summed E-state index contributed by atoms with van der Waals surface area (Å²) in [7, 11) is 5.73. The third-order valence-electron chi connectivity index (χ3n) is 3.11. The number of aromatic nitrogens is 1. The fourth-order valence-corrected chi connectivity index (χ4v) is 2.15. The Balaban J connectivity index is 2.26. The van der Waals surface area contributed by atoms with Gasteiger partial charge in [0, 0.05) is 25.5 Å². The second-order valence-electron chi connectivity index (χ2n) is 5.04. The molecular formula is C15H18ClN3O. The molecule has 0 spiro atoms. The minimum Gasteiger partial charge on any atom is -0.339 e. The summed E-state index contributed by atoms with van der Waals surface area (Å²) >= 11 is 6.22. The molecular weight excluding hydrogens is 274 g/mol. The van der Waals surface area contributed by atoms with Crippen LogP contribution in [0.2, 0.25) is 5.02 Å². The van der Waals surface area contributed by atoms with Crippen LogP contribution in [0.5, 0.6) is 0 Å². The molecule has 1 aromatic heterocycles. The Morgan fingerprint density at radius 3 is 2.60 bits per heavy atom. The predicted octanol–water partition coefficient (Wildman–Crippen LogP) is 2.52. The van der Waals surface area contributed by atoms with Crippen LogP contribution in [0.25, 0.3) is 10.9 Å². The average Bonchev–Trinajstić information content (AvgIpc) is 2.43. The third-order valence-corrected chi connectivity index (χ3v) is 3.43. The van der Waals surface area contributed by atoms with Crippen molar-refractivity contribution < 1.29 is 4.79 Å². The average molecular weight is 292 g/mol. The number of nitrogens with zero attached hydrogens (tertiary/aromatic N) is 3. The standard InChI is InChI=1S/C15H18ClN3O/c1-18(2)8-9-19(3)15(20)14-10-12(16)11-6-4-5-7-13(11)17-14/h4-7,10H,8-9H2,1-3H3. The molecule has 4 nitrogen and oxygen atoms in total. The molecule has 0 atom stereocenters. The van der Waals surface area contributed by atoms with Gasteiger partial charge in [-0.3, -0.25) is 4.79 Å². The van der Waals surface area contributed by atoms with Crippen LogP contribution in [0.3, 0.4) is 0 Å². The number of amides is 1. The molecule has 1 aromatic carbocycles. The fourth-order valence-electron chi connectivity index (χ4n) is 1.89. The van der Waals surface area contributed by atoms with Crippen molar-refractivity contribution in [2.75, 3.05) is 34.2 Å². The first-order valence-electron chi connectivity index (χ1n) is 6.44. The summed E-state index contributed by atoms with van der Waals surface area (Å²) in [5.74, 6) is -0.112. The van der Waals surface area contributed by atoms with E-state index in [0.29, 0.717) is 17.3 Å². The van der Waals surface area contributed by atoms with E-state index in [9.17, 15) is 4.79 Å². The molecule has 0 aliphatic rings. The van der Waals surface area contributed by atoms with Crippen LogP contribution in [-0.2, 0) is 0 Å². The number of benzene rings is 1. The van der Waals surface area contributed by atoms with Gasteiger partial charge in [-0.25, -0.2) is 4.98 Å². The zero-order valence-corrected chi connectivity index (χ0v) is 12.7. The number of likely N-dealkylation sites (N-methyl/N-ethyl adjacent to an activating group) is 2. The van der Waals surface area contributed by atoms with Gasteiger partial charge in [0.25, 0.3) is 5.91 Å². The molecule has 5 heteroatoms. The molecule has 0 saturated carbocycles. The van der Waals surface area contributed by atoms with Crippen LogP contribution >= 0.6 is 11.6 Å². The van der Waals surface area contributed by atoms with Gasteiger partial charge in [0.1, 0.15) is 5.69 Å². The number of carbonyl (C=O) groups excluding carboxylic acids is 1. The predicted molar refractivity (Wildman–Crippen MR) is 82.3 cm³/mol. The third kappa shape index (κ3) is 3.26. The quantitative estimate of drug-likeness (QED) is 0.868. The second-order valence-corrected chi connectivity index (χ2v) is 5.44. The minimum atomic E-state index is -0.112. The molecule has 20 heavy (non-hydrogen) atoms. The van der Waals surface area contributed by atoms with Crippen molar-refractivity contribution in [2.24, 2.45) is 0 Å². The molecule has 1 heterocycles. The molecule has 0 unspecified atom stereocenters. The summed E-state index contributed by atoms with van der Waals surface area (Å²) in [4.78, 5) is 20.4. The molecule has 0 radical (unpaired) electrons. The van der Waals surface area contributed by atoms with Crippen LogP contribution in [-0.4, -0.2) is 54.9 Å². The molecule has 0 aliphatic heterocycles. The number of halogens is 1. The molecule has 2 aromatic rings. The van der Waals surface area contributed by atoms with Gasteiger partial charge in [-0.15, -0.1) is 0 Å². The number of pyridine rings is 1. The number of hydrogen-bond acceptors (Lipinski definition) is 3. The van der Waals surface area contributed by atoms with Gasteiger partial charge in [0.05, 0.1) is 10.5 Å². The lowest BCUT2D eigenvalue weighted by Crippen LogP contribution is -2.33. The molecule has 106 valence electrons. The van der Waals surface area contributed by atoms with Crippen LogP contribution in [0.4, 0.5) is 0 Å². The molecule has 0 fully saturated rings. The highest BCUT2D eigenvalue weighted by Gasteiger charge is 2.15. The van der Waals surface area contributed by atoms with Gasteiger partial charge >= 0.3 is 0 Å². The number of hydrogen-bond donors (Lipinski definition) is 0. The van der Waals surface area contributed by atoms with E-state index in [4.69, 9.17) is 11.6 Å². The van der Waals surface area contributed by atoms with Crippen molar-refractivity contribution in [3.05, 3.63) is 41.0 Å². The maximum absolute atomic E-state index is 12.3. The summed E-state index contributed by atoms with van der Waals surface area (Å²) in [6.45, 7) is 1.46. The van der Waals surface area contributed by atoms with E-state index in [1.807, 2.05) is 43.3 Å². The summed E-state index contributed by atoms with van der Waals surface area (Å²) in [5.41, 5.74) is 1.12. The maximum Gasteiger partial charge on any atom is 0.272 e. The summed E-state index contributed by atoms with van der Waals surface area (Å²) in [6.07, 6.45) is 0. The number of para-hydroxylation sites is 1. The lowest BCUT2D eigenvalue weighted by Gasteiger charge is -2.19. The van der Waals surface area contributed by atoms with E-state index in [0.717, 1.165) is 17.4 Å². The Labute approximate surface area is 124 Å². The van der Waals surface area contributed by atoms with Crippen LogP contribution in [0.15, 0.2) is 30.3 Å². The first-order chi connectivity index (χ1) is 9.49. The van der Waals surface area contributed by atoms with E-state index in [2.05, 4.69) is 4.98 Å². The Morgan fingerprint density at radius 2 is 1.90 bits per heavy atom. The molecule has 0 bridgehead atoms. The van der Waals surface area contributed by atoms with E-state index in [-0.39, 0.29) is 5.91 Å². The van der Waals surface area contributed by atoms with Crippen molar-refractivity contribution >= 4 is 28.4 Å². The molecule has 2 rings (SSSR count). The monoisotopic (exact) mass is 291 g/mol. The van der Waals surface area contributed by atoms with Crippen molar-refractivity contribution in [1.82, 2.24) is 14.8 Å².